The van der Waals surface area contributed by atoms with Crippen LogP contribution in [0.25, 0.3) is 58.4 Å². The number of hydrogen-bond donors (Lipinski definition) is 0. The fraction of sp³-hybridized carbons (Fsp3) is 0. The molecule has 9 aromatic rings. The monoisotopic (exact) mass is 566 g/mol. The highest BCUT2D eigenvalue weighted by atomic mass is 32.1. The van der Waals surface area contributed by atoms with Crippen molar-refractivity contribution in [1.82, 2.24) is 4.57 Å². The van der Waals surface area contributed by atoms with Crippen molar-refractivity contribution in [3.05, 3.63) is 158 Å². The van der Waals surface area contributed by atoms with Gasteiger partial charge in [0.1, 0.15) is 0 Å². The minimum absolute atomic E-state index is 1.13. The molecule has 0 aliphatic heterocycles. The van der Waals surface area contributed by atoms with Crippen LogP contribution in [0.15, 0.2) is 158 Å². The standard InChI is InChI=1S/C40H26N2S/c1-3-11-29(12-4-1)41(31-20-19-27-25-40-36(24-28(27)23-31)35-16-8-10-18-39(35)43-40)32-21-22-34-33-15-7-9-17-37(33)42(38(34)26-32)30-13-5-2-6-14-30/h1-26H. The fourth-order valence-corrected chi connectivity index (χ4v) is 7.71. The summed E-state index contributed by atoms with van der Waals surface area (Å²) in [6.45, 7) is 0. The summed E-state index contributed by atoms with van der Waals surface area (Å²) in [5.74, 6) is 0. The third-order valence-corrected chi connectivity index (χ3v) is 9.66. The Morgan fingerprint density at radius 3 is 1.93 bits per heavy atom. The second-order valence-corrected chi connectivity index (χ2v) is 12.1. The van der Waals surface area contributed by atoms with Gasteiger partial charge in [0.25, 0.3) is 0 Å². The molecule has 0 unspecified atom stereocenters. The zero-order valence-corrected chi connectivity index (χ0v) is 24.1. The van der Waals surface area contributed by atoms with Crippen LogP contribution in [0.3, 0.4) is 0 Å². The number of hydrogen-bond acceptors (Lipinski definition) is 2. The molecule has 0 aliphatic carbocycles. The van der Waals surface area contributed by atoms with Crippen molar-refractivity contribution < 1.29 is 0 Å². The summed E-state index contributed by atoms with van der Waals surface area (Å²) < 4.78 is 5.05. The Morgan fingerprint density at radius 1 is 0.395 bits per heavy atom. The smallest absolute Gasteiger partial charge is 0.0561 e. The maximum Gasteiger partial charge on any atom is 0.0561 e. The van der Waals surface area contributed by atoms with Crippen molar-refractivity contribution in [3.63, 3.8) is 0 Å². The molecule has 2 aromatic heterocycles. The molecule has 0 fully saturated rings. The number of aromatic nitrogens is 1. The lowest BCUT2D eigenvalue weighted by Crippen LogP contribution is -2.10. The van der Waals surface area contributed by atoms with Gasteiger partial charge in [-0.3, -0.25) is 0 Å². The first-order valence-corrected chi connectivity index (χ1v) is 15.4. The minimum atomic E-state index is 1.13. The van der Waals surface area contributed by atoms with Crippen LogP contribution in [0.4, 0.5) is 17.1 Å². The number of rotatable bonds is 4. The molecule has 0 N–H and O–H groups in total. The summed E-state index contributed by atoms with van der Waals surface area (Å²) in [5.41, 5.74) is 6.96. The molecule has 3 heteroatoms. The number of para-hydroxylation sites is 3. The molecule has 0 radical (unpaired) electrons. The van der Waals surface area contributed by atoms with Crippen molar-refractivity contribution in [2.75, 3.05) is 4.90 Å². The van der Waals surface area contributed by atoms with Gasteiger partial charge in [-0.1, -0.05) is 84.9 Å². The number of nitrogens with zero attached hydrogens (tertiary/aromatic N) is 2. The lowest BCUT2D eigenvalue weighted by Gasteiger charge is -2.26. The molecule has 0 aliphatic rings. The lowest BCUT2D eigenvalue weighted by atomic mass is 10.0. The molecule has 0 bridgehead atoms. The molecule has 0 amide bonds. The van der Waals surface area contributed by atoms with Gasteiger partial charge in [-0.05, 0) is 83.6 Å². The summed E-state index contributed by atoms with van der Waals surface area (Å²) in [7, 11) is 0. The van der Waals surface area contributed by atoms with Crippen LogP contribution in [0.2, 0.25) is 0 Å². The summed E-state index contributed by atoms with van der Waals surface area (Å²) in [6, 6.07) is 57.2. The number of thiophene rings is 1. The van der Waals surface area contributed by atoms with E-state index in [4.69, 9.17) is 0 Å². The molecule has 7 aromatic carbocycles. The van der Waals surface area contributed by atoms with E-state index in [0.717, 1.165) is 22.7 Å². The van der Waals surface area contributed by atoms with Crippen LogP contribution in [-0.4, -0.2) is 4.57 Å². The Balaban J connectivity index is 1.28. The van der Waals surface area contributed by atoms with Crippen molar-refractivity contribution in [2.45, 2.75) is 0 Å². The van der Waals surface area contributed by atoms with Gasteiger partial charge in [-0.25, -0.2) is 0 Å². The molecule has 0 spiro atoms. The van der Waals surface area contributed by atoms with Crippen molar-refractivity contribution in [2.24, 2.45) is 0 Å². The maximum atomic E-state index is 2.39. The molecule has 43 heavy (non-hydrogen) atoms. The third-order valence-electron chi connectivity index (χ3n) is 8.52. The minimum Gasteiger partial charge on any atom is -0.310 e. The summed E-state index contributed by atoms with van der Waals surface area (Å²) in [4.78, 5) is 2.38. The average Bonchev–Trinajstić information content (AvgIpc) is 3.59. The summed E-state index contributed by atoms with van der Waals surface area (Å²) in [5, 5.41) is 7.67. The van der Waals surface area contributed by atoms with Crippen LogP contribution in [-0.2, 0) is 0 Å². The highest BCUT2D eigenvalue weighted by Crippen LogP contribution is 2.42. The van der Waals surface area contributed by atoms with Gasteiger partial charge in [0.05, 0.1) is 11.0 Å². The first-order valence-electron chi connectivity index (χ1n) is 14.6. The van der Waals surface area contributed by atoms with Crippen LogP contribution in [0.1, 0.15) is 0 Å². The van der Waals surface area contributed by atoms with Crippen molar-refractivity contribution in [3.8, 4) is 5.69 Å². The first-order chi connectivity index (χ1) is 21.3. The van der Waals surface area contributed by atoms with E-state index in [0.29, 0.717) is 0 Å². The fourth-order valence-electron chi connectivity index (χ4n) is 6.57. The Bertz CT molecular complexity index is 2450. The Labute approximate surface area is 253 Å². The van der Waals surface area contributed by atoms with Crippen molar-refractivity contribution in [1.29, 1.82) is 0 Å². The van der Waals surface area contributed by atoms with E-state index < -0.39 is 0 Å². The van der Waals surface area contributed by atoms with Gasteiger partial charge >= 0.3 is 0 Å². The topological polar surface area (TPSA) is 8.17 Å². The maximum absolute atomic E-state index is 2.39. The zero-order chi connectivity index (χ0) is 28.3. The molecular formula is C40H26N2S. The molecule has 202 valence electrons. The van der Waals surface area contributed by atoms with E-state index in [9.17, 15) is 0 Å². The summed E-state index contributed by atoms with van der Waals surface area (Å²) >= 11 is 1.87. The van der Waals surface area contributed by atoms with E-state index in [1.807, 2.05) is 11.3 Å². The molecular weight excluding hydrogens is 541 g/mol. The number of benzene rings is 7. The number of anilines is 3. The van der Waals surface area contributed by atoms with E-state index in [1.165, 1.54) is 52.8 Å². The molecule has 0 saturated carbocycles. The first kappa shape index (κ1) is 24.2. The van der Waals surface area contributed by atoms with E-state index in [1.54, 1.807) is 0 Å². The van der Waals surface area contributed by atoms with E-state index in [-0.39, 0.29) is 0 Å². The highest BCUT2D eigenvalue weighted by molar-refractivity contribution is 7.25. The summed E-state index contributed by atoms with van der Waals surface area (Å²) in [6.07, 6.45) is 0. The predicted octanol–water partition coefficient (Wildman–Crippen LogP) is 11.8. The lowest BCUT2D eigenvalue weighted by molar-refractivity contribution is 1.18. The average molecular weight is 567 g/mol. The molecule has 2 heterocycles. The van der Waals surface area contributed by atoms with Gasteiger partial charge < -0.3 is 9.47 Å². The number of fused-ring (bicyclic) bond motifs is 7. The van der Waals surface area contributed by atoms with E-state index >= 15 is 0 Å². The molecule has 9 rings (SSSR count). The van der Waals surface area contributed by atoms with Gasteiger partial charge in [-0.2, -0.15) is 0 Å². The Kier molecular flexibility index (Phi) is 5.40. The zero-order valence-electron chi connectivity index (χ0n) is 23.3. The van der Waals surface area contributed by atoms with Crippen LogP contribution in [0.5, 0.6) is 0 Å². The predicted molar refractivity (Wildman–Crippen MR) is 186 cm³/mol. The van der Waals surface area contributed by atoms with Gasteiger partial charge in [0.15, 0.2) is 0 Å². The van der Waals surface area contributed by atoms with E-state index in [2.05, 4.69) is 167 Å². The van der Waals surface area contributed by atoms with Crippen LogP contribution >= 0.6 is 11.3 Å². The molecule has 2 nitrogen and oxygen atoms in total. The normalized spacial score (nSPS) is 11.7. The quantitative estimate of drug-likeness (QED) is 0.206. The second-order valence-electron chi connectivity index (χ2n) is 11.0. The second kappa shape index (κ2) is 9.59. The highest BCUT2D eigenvalue weighted by Gasteiger charge is 2.18. The molecule has 0 saturated heterocycles. The molecule has 0 atom stereocenters. The SMILES string of the molecule is c1ccc(N(c2ccc3cc4sc5ccccc5c4cc3c2)c2ccc3c4ccccc4n(-c4ccccc4)c3c2)cc1. The largest absolute Gasteiger partial charge is 0.310 e. The Morgan fingerprint density at radius 2 is 1.07 bits per heavy atom. The van der Waals surface area contributed by atoms with Crippen molar-refractivity contribution >= 4 is 81.1 Å². The Hall–Kier alpha value is -5.38. The van der Waals surface area contributed by atoms with Crippen LogP contribution in [0, 0.1) is 0 Å². The third kappa shape index (κ3) is 3.86. The van der Waals surface area contributed by atoms with Gasteiger partial charge in [-0.15, -0.1) is 11.3 Å². The van der Waals surface area contributed by atoms with Gasteiger partial charge in [0.2, 0.25) is 0 Å². The van der Waals surface area contributed by atoms with Crippen LogP contribution < -0.4 is 4.90 Å². The van der Waals surface area contributed by atoms with Gasteiger partial charge in [0, 0.05) is 53.7 Å².